The maximum absolute atomic E-state index is 12.9. The van der Waals surface area contributed by atoms with E-state index in [1.54, 1.807) is 12.1 Å². The van der Waals surface area contributed by atoms with Crippen molar-refractivity contribution in [1.29, 1.82) is 0 Å². The lowest BCUT2D eigenvalue weighted by Gasteiger charge is -2.20. The van der Waals surface area contributed by atoms with Gasteiger partial charge in [-0.1, -0.05) is 19.1 Å². The highest BCUT2D eigenvalue weighted by molar-refractivity contribution is 5.17. The van der Waals surface area contributed by atoms with Gasteiger partial charge in [-0.2, -0.15) is 0 Å². The van der Waals surface area contributed by atoms with Crippen LogP contribution in [0.4, 0.5) is 4.39 Å². The number of benzene rings is 1. The summed E-state index contributed by atoms with van der Waals surface area (Å²) in [6, 6.07) is 7.34. The smallest absolute Gasteiger partial charge is 0.123 e. The van der Waals surface area contributed by atoms with E-state index in [2.05, 4.69) is 12.2 Å². The molecule has 3 heteroatoms. The third-order valence-electron chi connectivity index (χ3n) is 3.94. The molecule has 0 bridgehead atoms. The maximum Gasteiger partial charge on any atom is 0.123 e. The summed E-state index contributed by atoms with van der Waals surface area (Å²) in [4.78, 5) is 0. The molecular formula is C17H26FNO. The topological polar surface area (TPSA) is 21.3 Å². The zero-order valence-corrected chi connectivity index (χ0v) is 12.4. The predicted octanol–water partition coefficient (Wildman–Crippen LogP) is 3.70. The molecule has 2 rings (SSSR count). The minimum absolute atomic E-state index is 0.161. The summed E-state index contributed by atoms with van der Waals surface area (Å²) in [7, 11) is 0. The monoisotopic (exact) mass is 279 g/mol. The Balaban J connectivity index is 1.83. The van der Waals surface area contributed by atoms with Crippen LogP contribution in [-0.4, -0.2) is 25.3 Å². The standard InChI is InChI=1S/C17H26FNO/c1-2-11-19-16(9-10-17-4-3-12-20-17)13-14-5-7-15(18)8-6-14/h5-8,16-17,19H,2-4,9-13H2,1H3. The third kappa shape index (κ3) is 5.22. The fourth-order valence-electron chi connectivity index (χ4n) is 2.79. The molecule has 2 unspecified atom stereocenters. The van der Waals surface area contributed by atoms with Crippen LogP contribution in [0.2, 0.25) is 0 Å². The first-order valence-electron chi connectivity index (χ1n) is 7.87. The molecule has 0 spiro atoms. The Hall–Kier alpha value is -0.930. The predicted molar refractivity (Wildman–Crippen MR) is 80.4 cm³/mol. The van der Waals surface area contributed by atoms with Crippen molar-refractivity contribution in [2.75, 3.05) is 13.2 Å². The fraction of sp³-hybridized carbons (Fsp3) is 0.647. The second-order valence-corrected chi connectivity index (χ2v) is 5.69. The average Bonchev–Trinajstić information content (AvgIpc) is 2.97. The lowest BCUT2D eigenvalue weighted by Crippen LogP contribution is -2.32. The molecule has 1 N–H and O–H groups in total. The number of rotatable bonds is 8. The highest BCUT2D eigenvalue weighted by atomic mass is 19.1. The van der Waals surface area contributed by atoms with Crippen LogP contribution in [0.1, 0.15) is 44.6 Å². The van der Waals surface area contributed by atoms with Crippen molar-refractivity contribution in [3.05, 3.63) is 35.6 Å². The first-order chi connectivity index (χ1) is 9.78. The van der Waals surface area contributed by atoms with Crippen molar-refractivity contribution in [2.45, 2.75) is 57.6 Å². The van der Waals surface area contributed by atoms with Crippen LogP contribution in [-0.2, 0) is 11.2 Å². The van der Waals surface area contributed by atoms with E-state index in [0.717, 1.165) is 38.8 Å². The van der Waals surface area contributed by atoms with E-state index in [1.807, 2.05) is 12.1 Å². The van der Waals surface area contributed by atoms with Crippen molar-refractivity contribution >= 4 is 0 Å². The Morgan fingerprint density at radius 1 is 1.35 bits per heavy atom. The van der Waals surface area contributed by atoms with Crippen LogP contribution in [0, 0.1) is 5.82 Å². The molecule has 1 heterocycles. The maximum atomic E-state index is 12.9. The average molecular weight is 279 g/mol. The number of nitrogens with one attached hydrogen (secondary N) is 1. The van der Waals surface area contributed by atoms with E-state index < -0.39 is 0 Å². The summed E-state index contributed by atoms with van der Waals surface area (Å²) < 4.78 is 18.6. The summed E-state index contributed by atoms with van der Waals surface area (Å²) in [5, 5.41) is 3.61. The molecule has 1 aromatic rings. The molecule has 1 fully saturated rings. The van der Waals surface area contributed by atoms with E-state index in [0.29, 0.717) is 12.1 Å². The number of hydrogen-bond acceptors (Lipinski definition) is 2. The highest BCUT2D eigenvalue weighted by Gasteiger charge is 2.18. The Morgan fingerprint density at radius 2 is 2.15 bits per heavy atom. The van der Waals surface area contributed by atoms with Gasteiger partial charge in [0, 0.05) is 12.6 Å². The Kier molecular flexibility index (Phi) is 6.48. The zero-order chi connectivity index (χ0) is 14.2. The minimum atomic E-state index is -0.161. The molecular weight excluding hydrogens is 253 g/mol. The van der Waals surface area contributed by atoms with E-state index in [1.165, 1.54) is 18.4 Å². The van der Waals surface area contributed by atoms with Gasteiger partial charge in [0.25, 0.3) is 0 Å². The van der Waals surface area contributed by atoms with Gasteiger partial charge in [-0.25, -0.2) is 4.39 Å². The molecule has 2 nitrogen and oxygen atoms in total. The zero-order valence-electron chi connectivity index (χ0n) is 12.4. The van der Waals surface area contributed by atoms with Gasteiger partial charge in [-0.05, 0) is 62.8 Å². The molecule has 1 aromatic carbocycles. The summed E-state index contributed by atoms with van der Waals surface area (Å²) in [6.45, 7) is 4.15. The molecule has 0 saturated carbocycles. The normalized spacial score (nSPS) is 20.2. The molecule has 2 atom stereocenters. The third-order valence-corrected chi connectivity index (χ3v) is 3.94. The van der Waals surface area contributed by atoms with Crippen molar-refractivity contribution in [1.82, 2.24) is 5.32 Å². The van der Waals surface area contributed by atoms with Gasteiger partial charge in [0.15, 0.2) is 0 Å². The largest absolute Gasteiger partial charge is 0.378 e. The lowest BCUT2D eigenvalue weighted by molar-refractivity contribution is 0.0995. The highest BCUT2D eigenvalue weighted by Crippen LogP contribution is 2.19. The lowest BCUT2D eigenvalue weighted by atomic mass is 9.99. The van der Waals surface area contributed by atoms with Gasteiger partial charge < -0.3 is 10.1 Å². The molecule has 0 aliphatic carbocycles. The number of halogens is 1. The Bertz CT molecular complexity index is 373. The van der Waals surface area contributed by atoms with Gasteiger partial charge in [0.1, 0.15) is 5.82 Å². The van der Waals surface area contributed by atoms with Crippen LogP contribution in [0.15, 0.2) is 24.3 Å². The van der Waals surface area contributed by atoms with E-state index >= 15 is 0 Å². The van der Waals surface area contributed by atoms with Gasteiger partial charge in [0.05, 0.1) is 6.10 Å². The molecule has 1 aliphatic heterocycles. The van der Waals surface area contributed by atoms with Crippen molar-refractivity contribution in [2.24, 2.45) is 0 Å². The molecule has 0 aromatic heterocycles. The molecule has 0 amide bonds. The molecule has 112 valence electrons. The van der Waals surface area contributed by atoms with E-state index in [4.69, 9.17) is 4.74 Å². The quantitative estimate of drug-likeness (QED) is 0.783. The van der Waals surface area contributed by atoms with Crippen LogP contribution in [0.5, 0.6) is 0 Å². The number of hydrogen-bond donors (Lipinski definition) is 1. The minimum Gasteiger partial charge on any atom is -0.378 e. The SMILES string of the molecule is CCCNC(CCC1CCCO1)Cc1ccc(F)cc1. The van der Waals surface area contributed by atoms with Gasteiger partial charge in [-0.15, -0.1) is 0 Å². The summed E-state index contributed by atoms with van der Waals surface area (Å²) >= 11 is 0. The van der Waals surface area contributed by atoms with Crippen LogP contribution in [0.3, 0.4) is 0 Å². The van der Waals surface area contributed by atoms with Crippen molar-refractivity contribution < 1.29 is 9.13 Å². The van der Waals surface area contributed by atoms with Gasteiger partial charge >= 0.3 is 0 Å². The molecule has 1 aliphatic rings. The summed E-state index contributed by atoms with van der Waals surface area (Å²) in [5.41, 5.74) is 1.20. The van der Waals surface area contributed by atoms with Crippen LogP contribution >= 0.6 is 0 Å². The Labute approximate surface area is 121 Å². The second kappa shape index (κ2) is 8.38. The van der Waals surface area contributed by atoms with Crippen molar-refractivity contribution in [3.8, 4) is 0 Å². The van der Waals surface area contributed by atoms with Crippen LogP contribution < -0.4 is 5.32 Å². The first-order valence-corrected chi connectivity index (χ1v) is 7.87. The van der Waals surface area contributed by atoms with E-state index in [-0.39, 0.29) is 5.82 Å². The molecule has 1 saturated heterocycles. The fourth-order valence-corrected chi connectivity index (χ4v) is 2.79. The summed E-state index contributed by atoms with van der Waals surface area (Å²) in [6.07, 6.45) is 7.22. The summed E-state index contributed by atoms with van der Waals surface area (Å²) in [5.74, 6) is -0.161. The van der Waals surface area contributed by atoms with E-state index in [9.17, 15) is 4.39 Å². The van der Waals surface area contributed by atoms with Gasteiger partial charge in [-0.3, -0.25) is 0 Å². The second-order valence-electron chi connectivity index (χ2n) is 5.69. The Morgan fingerprint density at radius 3 is 2.80 bits per heavy atom. The molecule has 20 heavy (non-hydrogen) atoms. The van der Waals surface area contributed by atoms with Crippen molar-refractivity contribution in [3.63, 3.8) is 0 Å². The van der Waals surface area contributed by atoms with Gasteiger partial charge in [0.2, 0.25) is 0 Å². The molecule has 0 radical (unpaired) electrons. The van der Waals surface area contributed by atoms with Crippen LogP contribution in [0.25, 0.3) is 0 Å². The number of ether oxygens (including phenoxy) is 1. The first kappa shape index (κ1) is 15.5.